The van der Waals surface area contributed by atoms with Crippen LogP contribution in [0.1, 0.15) is 5.56 Å². The summed E-state index contributed by atoms with van der Waals surface area (Å²) in [4.78, 5) is 11.8. The summed E-state index contributed by atoms with van der Waals surface area (Å²) < 4.78 is 71.1. The molecule has 0 aliphatic heterocycles. The second-order valence-corrected chi connectivity index (χ2v) is 9.65. The summed E-state index contributed by atoms with van der Waals surface area (Å²) in [5, 5.41) is 2.98. The second kappa shape index (κ2) is 10.3. The molecule has 0 atom stereocenters. The minimum atomic E-state index is -4.63. The lowest BCUT2D eigenvalue weighted by Gasteiger charge is -2.13. The Kier molecular flexibility index (Phi) is 7.87. The Morgan fingerprint density at radius 1 is 0.882 bits per heavy atom. The molecule has 0 bridgehead atoms. The highest BCUT2D eigenvalue weighted by molar-refractivity contribution is 7.92. The molecule has 13 heteroatoms. The number of carbonyl (C=O) groups is 1. The van der Waals surface area contributed by atoms with Crippen molar-refractivity contribution >= 4 is 62.1 Å². The number of hydrogen-bond donors (Lipinski definition) is 2. The summed E-state index contributed by atoms with van der Waals surface area (Å²) in [5.74, 6) is -0.527. The van der Waals surface area contributed by atoms with E-state index in [4.69, 9.17) is 39.5 Å². The molecular formula is C21H14Cl3F3N2O4S. The molecule has 0 aliphatic carbocycles. The number of rotatable bonds is 7. The van der Waals surface area contributed by atoms with Crippen LogP contribution in [0.3, 0.4) is 0 Å². The van der Waals surface area contributed by atoms with Crippen molar-refractivity contribution in [2.24, 2.45) is 0 Å². The maximum atomic E-state index is 12.9. The summed E-state index contributed by atoms with van der Waals surface area (Å²) >= 11 is 17.8. The molecule has 3 aromatic carbocycles. The Morgan fingerprint density at radius 3 is 2.26 bits per heavy atom. The minimum absolute atomic E-state index is 0.0176. The van der Waals surface area contributed by atoms with Gasteiger partial charge in [-0.25, -0.2) is 8.42 Å². The van der Waals surface area contributed by atoms with Crippen molar-refractivity contribution in [3.8, 4) is 5.75 Å². The van der Waals surface area contributed by atoms with Crippen LogP contribution in [0.5, 0.6) is 5.75 Å². The van der Waals surface area contributed by atoms with E-state index in [1.165, 1.54) is 30.3 Å². The van der Waals surface area contributed by atoms with Crippen LogP contribution in [0.25, 0.3) is 0 Å². The highest BCUT2D eigenvalue weighted by Gasteiger charge is 2.30. The first kappa shape index (κ1) is 26.0. The van der Waals surface area contributed by atoms with Crippen LogP contribution < -0.4 is 14.8 Å². The van der Waals surface area contributed by atoms with Gasteiger partial charge in [0.2, 0.25) is 0 Å². The van der Waals surface area contributed by atoms with E-state index in [1.807, 2.05) is 0 Å². The number of carbonyl (C=O) groups excluding carboxylic acids is 1. The molecule has 3 aromatic rings. The average Bonchev–Trinajstić information content (AvgIpc) is 2.74. The summed E-state index contributed by atoms with van der Waals surface area (Å²) in [6, 6.07) is 11.6. The normalized spacial score (nSPS) is 11.7. The van der Waals surface area contributed by atoms with E-state index >= 15 is 0 Å². The number of alkyl halides is 3. The first-order chi connectivity index (χ1) is 15.8. The van der Waals surface area contributed by atoms with E-state index in [-0.39, 0.29) is 26.4 Å². The van der Waals surface area contributed by atoms with Gasteiger partial charge in [0.05, 0.1) is 25.5 Å². The van der Waals surface area contributed by atoms with Crippen LogP contribution in [0, 0.1) is 0 Å². The lowest BCUT2D eigenvalue weighted by molar-refractivity contribution is -0.137. The average molecular weight is 554 g/mol. The highest BCUT2D eigenvalue weighted by Crippen LogP contribution is 2.32. The molecule has 2 N–H and O–H groups in total. The summed E-state index contributed by atoms with van der Waals surface area (Å²) in [7, 11) is -4.25. The summed E-state index contributed by atoms with van der Waals surface area (Å²) in [5.41, 5.74) is -0.893. The SMILES string of the molecule is O=C(COc1ccc(S(=O)(=O)Nc2cccc(C(F)(F)F)c2)cc1Cl)Nc1ccc(Cl)c(Cl)c1. The summed E-state index contributed by atoms with van der Waals surface area (Å²) in [6.07, 6.45) is -4.63. The Bertz CT molecular complexity index is 1340. The molecule has 0 heterocycles. The van der Waals surface area contributed by atoms with E-state index in [9.17, 15) is 26.4 Å². The van der Waals surface area contributed by atoms with Crippen molar-refractivity contribution in [1.82, 2.24) is 0 Å². The van der Waals surface area contributed by atoms with E-state index in [0.717, 1.165) is 24.3 Å². The lowest BCUT2D eigenvalue weighted by atomic mass is 10.2. The molecule has 0 aromatic heterocycles. The van der Waals surface area contributed by atoms with Crippen LogP contribution in [-0.4, -0.2) is 20.9 Å². The first-order valence-electron chi connectivity index (χ1n) is 9.22. The fraction of sp³-hybridized carbons (Fsp3) is 0.0952. The van der Waals surface area contributed by atoms with Crippen LogP contribution in [0.15, 0.2) is 65.6 Å². The number of anilines is 2. The van der Waals surface area contributed by atoms with Gasteiger partial charge in [0.15, 0.2) is 6.61 Å². The third-order valence-electron chi connectivity index (χ3n) is 4.22. The molecule has 6 nitrogen and oxygen atoms in total. The molecule has 1 amide bonds. The number of nitrogens with one attached hydrogen (secondary N) is 2. The monoisotopic (exact) mass is 552 g/mol. The maximum Gasteiger partial charge on any atom is 0.416 e. The van der Waals surface area contributed by atoms with Crippen molar-refractivity contribution in [2.45, 2.75) is 11.1 Å². The number of hydrogen-bond acceptors (Lipinski definition) is 4. The van der Waals surface area contributed by atoms with Gasteiger partial charge >= 0.3 is 6.18 Å². The Balaban J connectivity index is 1.67. The highest BCUT2D eigenvalue weighted by atomic mass is 35.5. The number of amides is 1. The molecule has 0 saturated heterocycles. The predicted molar refractivity (Wildman–Crippen MR) is 124 cm³/mol. The van der Waals surface area contributed by atoms with Crippen LogP contribution in [-0.2, 0) is 21.0 Å². The summed E-state index contributed by atoms with van der Waals surface area (Å²) in [6.45, 7) is -0.450. The third kappa shape index (κ3) is 6.69. The van der Waals surface area contributed by atoms with Gasteiger partial charge in [-0.1, -0.05) is 40.9 Å². The number of sulfonamides is 1. The van der Waals surface area contributed by atoms with E-state index in [2.05, 4.69) is 10.0 Å². The van der Waals surface area contributed by atoms with Gasteiger partial charge in [0, 0.05) is 11.4 Å². The Hall–Kier alpha value is -2.66. The quantitative estimate of drug-likeness (QED) is 0.351. The number of ether oxygens (including phenoxy) is 1. The molecule has 0 fully saturated rings. The zero-order valence-corrected chi connectivity index (χ0v) is 19.9. The van der Waals surface area contributed by atoms with Crippen molar-refractivity contribution in [1.29, 1.82) is 0 Å². The van der Waals surface area contributed by atoms with E-state index in [1.54, 1.807) is 0 Å². The smallest absolute Gasteiger partial charge is 0.416 e. The van der Waals surface area contributed by atoms with Gasteiger partial charge in [-0.05, 0) is 54.6 Å². The molecule has 0 aliphatic rings. The predicted octanol–water partition coefficient (Wildman–Crippen LogP) is 6.48. The Morgan fingerprint density at radius 2 is 1.62 bits per heavy atom. The topological polar surface area (TPSA) is 84.5 Å². The number of benzene rings is 3. The van der Waals surface area contributed by atoms with Gasteiger partial charge in [-0.15, -0.1) is 0 Å². The van der Waals surface area contributed by atoms with E-state index < -0.39 is 34.3 Å². The van der Waals surface area contributed by atoms with Crippen molar-refractivity contribution in [2.75, 3.05) is 16.6 Å². The van der Waals surface area contributed by atoms with Gasteiger partial charge in [0.1, 0.15) is 5.75 Å². The fourth-order valence-electron chi connectivity index (χ4n) is 2.65. The second-order valence-electron chi connectivity index (χ2n) is 6.74. The number of halogens is 6. The molecular weight excluding hydrogens is 540 g/mol. The fourth-order valence-corrected chi connectivity index (χ4v) is 4.33. The van der Waals surface area contributed by atoms with E-state index in [0.29, 0.717) is 16.8 Å². The molecule has 0 unspecified atom stereocenters. The van der Waals surface area contributed by atoms with Crippen molar-refractivity contribution in [3.63, 3.8) is 0 Å². The molecule has 0 radical (unpaired) electrons. The van der Waals surface area contributed by atoms with Crippen LogP contribution >= 0.6 is 34.8 Å². The minimum Gasteiger partial charge on any atom is -0.482 e. The van der Waals surface area contributed by atoms with Gasteiger partial charge < -0.3 is 10.1 Å². The zero-order valence-electron chi connectivity index (χ0n) is 16.8. The van der Waals surface area contributed by atoms with Crippen LogP contribution in [0.4, 0.5) is 24.5 Å². The maximum absolute atomic E-state index is 12.9. The zero-order chi connectivity index (χ0) is 25.1. The lowest BCUT2D eigenvalue weighted by Crippen LogP contribution is -2.20. The standard InChI is InChI=1S/C21H14Cl3F3N2O4S/c22-16-6-4-13(9-17(16)23)28-20(30)11-33-19-7-5-15(10-18(19)24)34(31,32)29-14-3-1-2-12(8-14)21(25,26)27/h1-10,29H,11H2,(H,28,30). The van der Waals surface area contributed by atoms with Gasteiger partial charge in [-0.2, -0.15) is 13.2 Å². The largest absolute Gasteiger partial charge is 0.482 e. The molecule has 0 saturated carbocycles. The van der Waals surface area contributed by atoms with Crippen molar-refractivity contribution < 1.29 is 31.1 Å². The molecule has 0 spiro atoms. The van der Waals surface area contributed by atoms with Crippen molar-refractivity contribution in [3.05, 3.63) is 81.3 Å². The molecule has 180 valence electrons. The first-order valence-corrected chi connectivity index (χ1v) is 11.8. The van der Waals surface area contributed by atoms with Gasteiger partial charge in [-0.3, -0.25) is 9.52 Å². The molecule has 34 heavy (non-hydrogen) atoms. The Labute approximate surface area is 207 Å². The molecule has 3 rings (SSSR count). The van der Waals surface area contributed by atoms with Crippen LogP contribution in [0.2, 0.25) is 15.1 Å². The third-order valence-corrected chi connectivity index (χ3v) is 6.63. The van der Waals surface area contributed by atoms with Gasteiger partial charge in [0.25, 0.3) is 15.9 Å².